The number of amides is 1. The van der Waals surface area contributed by atoms with E-state index < -0.39 is 5.82 Å². The first-order valence-corrected chi connectivity index (χ1v) is 9.99. The fourth-order valence-electron chi connectivity index (χ4n) is 2.86. The third-order valence-corrected chi connectivity index (χ3v) is 4.72. The zero-order valence-electron chi connectivity index (χ0n) is 18.8. The van der Waals surface area contributed by atoms with Gasteiger partial charge in [0, 0.05) is 34.2 Å². The summed E-state index contributed by atoms with van der Waals surface area (Å²) in [5, 5.41) is 3.30. The van der Waals surface area contributed by atoms with E-state index in [1.807, 2.05) is 36.2 Å². The molecule has 31 heavy (non-hydrogen) atoms. The van der Waals surface area contributed by atoms with Gasteiger partial charge in [0.15, 0.2) is 17.5 Å². The third kappa shape index (κ3) is 7.47. The van der Waals surface area contributed by atoms with Crippen molar-refractivity contribution in [3.63, 3.8) is 0 Å². The number of benzene rings is 2. The van der Waals surface area contributed by atoms with Gasteiger partial charge in [0.2, 0.25) is 5.91 Å². The fraction of sp³-hybridized carbons (Fsp3) is 0.391. The van der Waals surface area contributed by atoms with Crippen molar-refractivity contribution < 1.29 is 18.7 Å². The molecular formula is C23H31FN4O3. The van der Waals surface area contributed by atoms with Crippen LogP contribution in [0.4, 0.5) is 4.39 Å². The van der Waals surface area contributed by atoms with Gasteiger partial charge in [-0.1, -0.05) is 18.2 Å². The lowest BCUT2D eigenvalue weighted by atomic mass is 10.1. The first-order chi connectivity index (χ1) is 14.8. The SMILES string of the molecule is COc1ccc(CCNC(=NCC(=O)N(C)C)N(C)Cc2ccc(OC)c(F)c2)cc1. The minimum Gasteiger partial charge on any atom is -0.497 e. The van der Waals surface area contributed by atoms with Gasteiger partial charge in [0.05, 0.1) is 14.2 Å². The molecular weight excluding hydrogens is 399 g/mol. The first kappa shape index (κ1) is 24.0. The van der Waals surface area contributed by atoms with Crippen LogP contribution in [0.15, 0.2) is 47.5 Å². The largest absolute Gasteiger partial charge is 0.497 e. The summed E-state index contributed by atoms with van der Waals surface area (Å²) in [5.41, 5.74) is 1.92. The monoisotopic (exact) mass is 430 g/mol. The number of ether oxygens (including phenoxy) is 2. The molecule has 168 valence electrons. The number of hydrogen-bond acceptors (Lipinski definition) is 4. The van der Waals surface area contributed by atoms with Gasteiger partial charge in [0.1, 0.15) is 12.3 Å². The van der Waals surface area contributed by atoms with Crippen LogP contribution in [0.25, 0.3) is 0 Å². The molecule has 2 aromatic rings. The summed E-state index contributed by atoms with van der Waals surface area (Å²) in [6.07, 6.45) is 0.773. The maximum Gasteiger partial charge on any atom is 0.243 e. The predicted octanol–water partition coefficient (Wildman–Crippen LogP) is 2.55. The Morgan fingerprint density at radius 1 is 1.03 bits per heavy atom. The summed E-state index contributed by atoms with van der Waals surface area (Å²) in [6.45, 7) is 1.08. The van der Waals surface area contributed by atoms with Crippen LogP contribution in [0, 0.1) is 5.82 Å². The zero-order valence-corrected chi connectivity index (χ0v) is 18.8. The van der Waals surface area contributed by atoms with Crippen molar-refractivity contribution >= 4 is 11.9 Å². The number of likely N-dealkylation sites (N-methyl/N-ethyl adjacent to an activating group) is 1. The number of aliphatic imine (C=N–C) groups is 1. The number of carbonyl (C=O) groups is 1. The molecule has 8 heteroatoms. The minimum atomic E-state index is -0.415. The lowest BCUT2D eigenvalue weighted by molar-refractivity contribution is -0.127. The molecule has 0 aliphatic carbocycles. The molecule has 0 aliphatic rings. The van der Waals surface area contributed by atoms with Crippen LogP contribution < -0.4 is 14.8 Å². The van der Waals surface area contributed by atoms with Crippen LogP contribution in [0.5, 0.6) is 11.5 Å². The Kier molecular flexibility index (Phi) is 9.12. The number of nitrogens with one attached hydrogen (secondary N) is 1. The smallest absolute Gasteiger partial charge is 0.243 e. The Morgan fingerprint density at radius 3 is 2.29 bits per heavy atom. The van der Waals surface area contributed by atoms with Crippen molar-refractivity contribution in [1.29, 1.82) is 0 Å². The molecule has 0 radical (unpaired) electrons. The van der Waals surface area contributed by atoms with Crippen molar-refractivity contribution in [2.75, 3.05) is 48.5 Å². The summed E-state index contributed by atoms with van der Waals surface area (Å²) in [5.74, 6) is 1.07. The van der Waals surface area contributed by atoms with Gasteiger partial charge < -0.3 is 24.6 Å². The summed E-state index contributed by atoms with van der Waals surface area (Å²) in [4.78, 5) is 19.8. The number of nitrogens with zero attached hydrogens (tertiary/aromatic N) is 3. The zero-order chi connectivity index (χ0) is 22.8. The second-order valence-electron chi connectivity index (χ2n) is 7.28. The van der Waals surface area contributed by atoms with Crippen molar-refractivity contribution in [3.8, 4) is 11.5 Å². The number of hydrogen-bond donors (Lipinski definition) is 1. The number of carbonyl (C=O) groups excluding carboxylic acids is 1. The average Bonchev–Trinajstić information content (AvgIpc) is 2.76. The van der Waals surface area contributed by atoms with Crippen molar-refractivity contribution in [2.24, 2.45) is 4.99 Å². The molecule has 0 saturated heterocycles. The number of methoxy groups -OCH3 is 2. The molecule has 0 bridgehead atoms. The quantitative estimate of drug-likeness (QED) is 0.489. The molecule has 0 spiro atoms. The lowest BCUT2D eigenvalue weighted by Gasteiger charge is -2.23. The van der Waals surface area contributed by atoms with Crippen LogP contribution in [-0.4, -0.2) is 70.1 Å². The van der Waals surface area contributed by atoms with Crippen LogP contribution in [0.3, 0.4) is 0 Å². The van der Waals surface area contributed by atoms with E-state index in [2.05, 4.69) is 10.3 Å². The topological polar surface area (TPSA) is 66.4 Å². The Balaban J connectivity index is 2.06. The second-order valence-corrected chi connectivity index (χ2v) is 7.28. The predicted molar refractivity (Wildman–Crippen MR) is 120 cm³/mol. The van der Waals surface area contributed by atoms with Crippen LogP contribution in [0.1, 0.15) is 11.1 Å². The van der Waals surface area contributed by atoms with E-state index in [0.717, 1.165) is 23.3 Å². The lowest BCUT2D eigenvalue weighted by Crippen LogP contribution is -2.40. The number of guanidine groups is 1. The summed E-state index contributed by atoms with van der Waals surface area (Å²) in [6, 6.07) is 12.7. The molecule has 1 N–H and O–H groups in total. The Labute approximate surface area is 183 Å². The van der Waals surface area contributed by atoms with E-state index in [4.69, 9.17) is 9.47 Å². The molecule has 1 amide bonds. The summed E-state index contributed by atoms with van der Waals surface area (Å²) in [7, 11) is 8.31. The van der Waals surface area contributed by atoms with Gasteiger partial charge in [-0.2, -0.15) is 0 Å². The highest BCUT2D eigenvalue weighted by molar-refractivity contribution is 5.84. The van der Waals surface area contributed by atoms with E-state index in [1.54, 1.807) is 33.3 Å². The Morgan fingerprint density at radius 2 is 1.71 bits per heavy atom. The maximum absolute atomic E-state index is 14.0. The average molecular weight is 431 g/mol. The van der Waals surface area contributed by atoms with Crippen LogP contribution >= 0.6 is 0 Å². The highest BCUT2D eigenvalue weighted by atomic mass is 19.1. The molecule has 2 aromatic carbocycles. The fourth-order valence-corrected chi connectivity index (χ4v) is 2.86. The van der Waals surface area contributed by atoms with Gasteiger partial charge >= 0.3 is 0 Å². The van der Waals surface area contributed by atoms with Crippen molar-refractivity contribution in [1.82, 2.24) is 15.1 Å². The highest BCUT2D eigenvalue weighted by Crippen LogP contribution is 2.18. The summed E-state index contributed by atoms with van der Waals surface area (Å²) >= 11 is 0. The van der Waals surface area contributed by atoms with E-state index >= 15 is 0 Å². The highest BCUT2D eigenvalue weighted by Gasteiger charge is 2.11. The molecule has 7 nitrogen and oxygen atoms in total. The Bertz CT molecular complexity index is 885. The maximum atomic E-state index is 14.0. The third-order valence-electron chi connectivity index (χ3n) is 4.72. The van der Waals surface area contributed by atoms with Crippen molar-refractivity contribution in [2.45, 2.75) is 13.0 Å². The van der Waals surface area contributed by atoms with Gasteiger partial charge in [-0.15, -0.1) is 0 Å². The van der Waals surface area contributed by atoms with Gasteiger partial charge in [-0.3, -0.25) is 4.79 Å². The standard InChI is InChI=1S/C23H31FN4O3/c1-27(2)22(29)15-26-23(25-13-12-17-6-9-19(30-4)10-7-17)28(3)16-18-8-11-21(31-5)20(24)14-18/h6-11,14H,12-13,15-16H2,1-5H3,(H,25,26). The molecule has 0 unspecified atom stereocenters. The normalized spacial score (nSPS) is 11.1. The summed E-state index contributed by atoms with van der Waals surface area (Å²) < 4.78 is 24.2. The van der Waals surface area contributed by atoms with E-state index in [9.17, 15) is 9.18 Å². The molecule has 0 atom stereocenters. The van der Waals surface area contributed by atoms with E-state index in [1.165, 1.54) is 18.1 Å². The molecule has 0 fully saturated rings. The van der Waals surface area contributed by atoms with Gasteiger partial charge in [0.25, 0.3) is 0 Å². The Hall–Kier alpha value is -3.29. The van der Waals surface area contributed by atoms with Gasteiger partial charge in [-0.25, -0.2) is 9.38 Å². The number of rotatable bonds is 9. The minimum absolute atomic E-state index is 0.0270. The van der Waals surface area contributed by atoms with Gasteiger partial charge in [-0.05, 0) is 41.8 Å². The van der Waals surface area contributed by atoms with Crippen LogP contribution in [0.2, 0.25) is 0 Å². The molecule has 2 rings (SSSR count). The molecule has 0 heterocycles. The van der Waals surface area contributed by atoms with Crippen molar-refractivity contribution in [3.05, 3.63) is 59.4 Å². The second kappa shape index (κ2) is 11.8. The number of halogens is 1. The van der Waals surface area contributed by atoms with E-state index in [0.29, 0.717) is 19.0 Å². The molecule has 0 saturated carbocycles. The van der Waals surface area contributed by atoms with E-state index in [-0.39, 0.29) is 18.2 Å². The molecule has 0 aromatic heterocycles. The first-order valence-electron chi connectivity index (χ1n) is 9.99. The van der Waals surface area contributed by atoms with Crippen LogP contribution in [-0.2, 0) is 17.8 Å². The molecule has 0 aliphatic heterocycles.